The molecular weight excluding hydrogens is 317 g/mol. The minimum atomic E-state index is -4.43. The average Bonchev–Trinajstić information content (AvgIpc) is 3.07. The Hall–Kier alpha value is -2.63. The smallest absolute Gasteiger partial charge is 0.346 e. The normalized spacial score (nSPS) is 17.0. The molecule has 1 N–H and O–H groups in total. The SMILES string of the molecule is O=C(NC1C=CCC1)c1cccc(-c2cc(C(F)(F)F)ccn2)c1. The highest BCUT2D eigenvalue weighted by molar-refractivity contribution is 5.95. The van der Waals surface area contributed by atoms with Gasteiger partial charge in [-0.1, -0.05) is 24.3 Å². The predicted octanol–water partition coefficient (Wildman–Crippen LogP) is 4.22. The van der Waals surface area contributed by atoms with Crippen LogP contribution in [-0.2, 0) is 6.18 Å². The number of aromatic nitrogens is 1. The summed E-state index contributed by atoms with van der Waals surface area (Å²) in [5.74, 6) is -0.250. The summed E-state index contributed by atoms with van der Waals surface area (Å²) >= 11 is 0. The van der Waals surface area contributed by atoms with Gasteiger partial charge in [-0.2, -0.15) is 13.2 Å². The maximum Gasteiger partial charge on any atom is 0.416 e. The van der Waals surface area contributed by atoms with Crippen LogP contribution in [0.5, 0.6) is 0 Å². The van der Waals surface area contributed by atoms with Crippen molar-refractivity contribution in [1.82, 2.24) is 10.3 Å². The second-order valence-electron chi connectivity index (χ2n) is 5.59. The first kappa shape index (κ1) is 16.2. The topological polar surface area (TPSA) is 42.0 Å². The third kappa shape index (κ3) is 3.64. The second-order valence-corrected chi connectivity index (χ2v) is 5.59. The molecule has 3 rings (SSSR count). The molecule has 1 unspecified atom stereocenters. The predicted molar refractivity (Wildman–Crippen MR) is 84.3 cm³/mol. The van der Waals surface area contributed by atoms with Gasteiger partial charge in [-0.25, -0.2) is 0 Å². The molecule has 1 aromatic heterocycles. The van der Waals surface area contributed by atoms with Crippen molar-refractivity contribution in [2.45, 2.75) is 25.1 Å². The highest BCUT2D eigenvalue weighted by Gasteiger charge is 2.30. The Morgan fingerprint density at radius 3 is 2.75 bits per heavy atom. The molecule has 1 amide bonds. The number of carbonyl (C=O) groups excluding carboxylic acids is 1. The van der Waals surface area contributed by atoms with E-state index in [0.29, 0.717) is 11.1 Å². The van der Waals surface area contributed by atoms with Crippen LogP contribution in [0, 0.1) is 0 Å². The number of allylic oxidation sites excluding steroid dienone is 1. The van der Waals surface area contributed by atoms with Gasteiger partial charge < -0.3 is 5.32 Å². The Kier molecular flexibility index (Phi) is 4.38. The number of nitrogens with one attached hydrogen (secondary N) is 1. The number of pyridine rings is 1. The summed E-state index contributed by atoms with van der Waals surface area (Å²) < 4.78 is 38.5. The zero-order chi connectivity index (χ0) is 17.2. The molecule has 124 valence electrons. The van der Waals surface area contributed by atoms with Crippen LogP contribution in [0.2, 0.25) is 0 Å². The molecule has 1 aromatic carbocycles. The fraction of sp³-hybridized carbons (Fsp3) is 0.222. The number of halogens is 3. The highest BCUT2D eigenvalue weighted by atomic mass is 19.4. The summed E-state index contributed by atoms with van der Waals surface area (Å²) in [5.41, 5.74) is 0.279. The van der Waals surface area contributed by atoms with Crippen molar-refractivity contribution in [3.63, 3.8) is 0 Å². The summed E-state index contributed by atoms with van der Waals surface area (Å²) in [4.78, 5) is 16.2. The molecular formula is C18H15F3N2O. The molecule has 1 atom stereocenters. The summed E-state index contributed by atoms with van der Waals surface area (Å²) in [5, 5.41) is 2.88. The molecule has 0 saturated carbocycles. The van der Waals surface area contributed by atoms with Crippen LogP contribution >= 0.6 is 0 Å². The van der Waals surface area contributed by atoms with Gasteiger partial charge in [0.05, 0.1) is 11.3 Å². The van der Waals surface area contributed by atoms with E-state index in [4.69, 9.17) is 0 Å². The van der Waals surface area contributed by atoms with Gasteiger partial charge in [0, 0.05) is 23.4 Å². The standard InChI is InChI=1S/C18H15F3N2O/c19-18(20,21)14-8-9-22-16(11-14)12-4-3-5-13(10-12)17(24)23-15-6-1-2-7-15/h1,3-6,8-11,15H,2,7H2,(H,23,24). The lowest BCUT2D eigenvalue weighted by Gasteiger charge is -2.12. The molecule has 6 heteroatoms. The van der Waals surface area contributed by atoms with Crippen LogP contribution in [0.15, 0.2) is 54.7 Å². The Morgan fingerprint density at radius 2 is 2.04 bits per heavy atom. The first-order chi connectivity index (χ1) is 11.4. The van der Waals surface area contributed by atoms with Gasteiger partial charge >= 0.3 is 6.18 Å². The molecule has 0 bridgehead atoms. The molecule has 24 heavy (non-hydrogen) atoms. The number of amides is 1. The van der Waals surface area contributed by atoms with Crippen molar-refractivity contribution in [2.75, 3.05) is 0 Å². The Morgan fingerprint density at radius 1 is 1.21 bits per heavy atom. The van der Waals surface area contributed by atoms with Gasteiger partial charge in [0.2, 0.25) is 0 Å². The van der Waals surface area contributed by atoms with E-state index < -0.39 is 11.7 Å². The van der Waals surface area contributed by atoms with E-state index in [1.54, 1.807) is 24.3 Å². The van der Waals surface area contributed by atoms with Crippen LogP contribution in [0.25, 0.3) is 11.3 Å². The summed E-state index contributed by atoms with van der Waals surface area (Å²) in [6.45, 7) is 0. The van der Waals surface area contributed by atoms with Crippen molar-refractivity contribution in [1.29, 1.82) is 0 Å². The number of alkyl halides is 3. The van der Waals surface area contributed by atoms with E-state index in [9.17, 15) is 18.0 Å². The van der Waals surface area contributed by atoms with Gasteiger partial charge in [0.15, 0.2) is 0 Å². The first-order valence-corrected chi connectivity index (χ1v) is 7.55. The second kappa shape index (κ2) is 6.47. The van der Waals surface area contributed by atoms with E-state index in [2.05, 4.69) is 10.3 Å². The van der Waals surface area contributed by atoms with Crippen LogP contribution in [0.1, 0.15) is 28.8 Å². The van der Waals surface area contributed by atoms with E-state index in [-0.39, 0.29) is 17.6 Å². The zero-order valence-electron chi connectivity index (χ0n) is 12.7. The Balaban J connectivity index is 1.85. The minimum absolute atomic E-state index is 0.00726. The molecule has 0 saturated heterocycles. The van der Waals surface area contributed by atoms with Crippen molar-refractivity contribution < 1.29 is 18.0 Å². The maximum absolute atomic E-state index is 12.8. The van der Waals surface area contributed by atoms with Crippen LogP contribution in [0.4, 0.5) is 13.2 Å². The molecule has 1 aliphatic rings. The van der Waals surface area contributed by atoms with Crippen molar-refractivity contribution in [2.24, 2.45) is 0 Å². The third-order valence-electron chi connectivity index (χ3n) is 3.84. The van der Waals surface area contributed by atoms with Gasteiger partial charge in [0.25, 0.3) is 5.91 Å². The van der Waals surface area contributed by atoms with E-state index in [0.717, 1.165) is 31.2 Å². The lowest BCUT2D eigenvalue weighted by molar-refractivity contribution is -0.137. The number of hydrogen-bond acceptors (Lipinski definition) is 2. The number of carbonyl (C=O) groups is 1. The fourth-order valence-corrected chi connectivity index (χ4v) is 2.59. The maximum atomic E-state index is 12.8. The number of nitrogens with zero attached hydrogens (tertiary/aromatic N) is 1. The first-order valence-electron chi connectivity index (χ1n) is 7.55. The zero-order valence-corrected chi connectivity index (χ0v) is 12.7. The molecule has 0 fully saturated rings. The van der Waals surface area contributed by atoms with Crippen molar-refractivity contribution >= 4 is 5.91 Å². The van der Waals surface area contributed by atoms with E-state index in [1.807, 2.05) is 12.2 Å². The largest absolute Gasteiger partial charge is 0.416 e. The van der Waals surface area contributed by atoms with Crippen LogP contribution < -0.4 is 5.32 Å². The quantitative estimate of drug-likeness (QED) is 0.855. The summed E-state index contributed by atoms with van der Waals surface area (Å²) in [6, 6.07) is 8.36. The van der Waals surface area contributed by atoms with Crippen LogP contribution in [-0.4, -0.2) is 16.9 Å². The Bertz CT molecular complexity index is 784. The molecule has 1 heterocycles. The molecule has 0 aliphatic heterocycles. The lowest BCUT2D eigenvalue weighted by Crippen LogP contribution is -2.31. The van der Waals surface area contributed by atoms with Crippen LogP contribution in [0.3, 0.4) is 0 Å². The molecule has 3 nitrogen and oxygen atoms in total. The highest BCUT2D eigenvalue weighted by Crippen LogP contribution is 2.31. The number of hydrogen-bond donors (Lipinski definition) is 1. The number of rotatable bonds is 3. The lowest BCUT2D eigenvalue weighted by atomic mass is 10.1. The number of benzene rings is 1. The molecule has 2 aromatic rings. The fourth-order valence-electron chi connectivity index (χ4n) is 2.59. The molecule has 1 aliphatic carbocycles. The minimum Gasteiger partial charge on any atom is -0.346 e. The van der Waals surface area contributed by atoms with E-state index >= 15 is 0 Å². The van der Waals surface area contributed by atoms with Gasteiger partial charge in [-0.05, 0) is 37.1 Å². The van der Waals surface area contributed by atoms with Gasteiger partial charge in [0.1, 0.15) is 0 Å². The molecule has 0 spiro atoms. The average molecular weight is 332 g/mol. The summed E-state index contributed by atoms with van der Waals surface area (Å²) in [6.07, 6.45) is 2.43. The monoisotopic (exact) mass is 332 g/mol. The summed E-state index contributed by atoms with van der Waals surface area (Å²) in [7, 11) is 0. The van der Waals surface area contributed by atoms with Crippen molar-refractivity contribution in [3.8, 4) is 11.3 Å². The molecule has 0 radical (unpaired) electrons. The third-order valence-corrected chi connectivity index (χ3v) is 3.84. The van der Waals surface area contributed by atoms with Gasteiger partial charge in [-0.15, -0.1) is 0 Å². The van der Waals surface area contributed by atoms with Crippen molar-refractivity contribution in [3.05, 3.63) is 65.9 Å². The Labute approximate surface area is 137 Å². The van der Waals surface area contributed by atoms with Gasteiger partial charge in [-0.3, -0.25) is 9.78 Å². The van der Waals surface area contributed by atoms with E-state index in [1.165, 1.54) is 0 Å².